The lowest BCUT2D eigenvalue weighted by Crippen LogP contribution is -2.66. The van der Waals surface area contributed by atoms with Gasteiger partial charge in [0.05, 0.1) is 6.04 Å². The first-order valence-electron chi connectivity index (χ1n) is 6.10. The molecule has 3 N–H and O–H groups in total. The molecule has 1 saturated heterocycles. The molecule has 1 heterocycles. The zero-order valence-corrected chi connectivity index (χ0v) is 11.4. The fourth-order valence-electron chi connectivity index (χ4n) is 2.08. The number of carboxylic acids is 1. The van der Waals surface area contributed by atoms with Crippen molar-refractivity contribution < 1.29 is 19.4 Å². The molecule has 1 aliphatic rings. The minimum atomic E-state index is -1.39. The van der Waals surface area contributed by atoms with E-state index >= 15 is 0 Å². The summed E-state index contributed by atoms with van der Waals surface area (Å²) in [7, 11) is 0. The average molecular weight is 258 g/mol. The van der Waals surface area contributed by atoms with Crippen LogP contribution in [-0.2, 0) is 9.53 Å². The Labute approximate surface area is 107 Å². The summed E-state index contributed by atoms with van der Waals surface area (Å²) in [4.78, 5) is 24.6. The van der Waals surface area contributed by atoms with Crippen molar-refractivity contribution >= 4 is 12.1 Å². The lowest BCUT2D eigenvalue weighted by atomic mass is 9.83. The van der Waals surface area contributed by atoms with Gasteiger partial charge in [-0.1, -0.05) is 0 Å². The molecule has 1 aliphatic heterocycles. The quantitative estimate of drug-likeness (QED) is 0.737. The first-order valence-corrected chi connectivity index (χ1v) is 6.10. The van der Waals surface area contributed by atoms with Crippen molar-refractivity contribution in [2.24, 2.45) is 5.73 Å². The minimum Gasteiger partial charge on any atom is -0.480 e. The van der Waals surface area contributed by atoms with Crippen LogP contribution in [0.2, 0.25) is 0 Å². The smallest absolute Gasteiger partial charge is 0.410 e. The molecular formula is C12H22N2O4. The number of hydrogen-bond acceptors (Lipinski definition) is 4. The number of rotatable bonds is 1. The van der Waals surface area contributed by atoms with Crippen molar-refractivity contribution in [3.05, 3.63) is 0 Å². The van der Waals surface area contributed by atoms with Crippen LogP contribution in [-0.4, -0.2) is 45.8 Å². The molecule has 2 unspecified atom stereocenters. The van der Waals surface area contributed by atoms with Crippen LogP contribution in [0.5, 0.6) is 0 Å². The van der Waals surface area contributed by atoms with E-state index in [9.17, 15) is 14.7 Å². The van der Waals surface area contributed by atoms with Crippen molar-refractivity contribution in [2.75, 3.05) is 6.54 Å². The Bertz CT molecular complexity index is 350. The molecule has 1 amide bonds. The highest BCUT2D eigenvalue weighted by molar-refractivity contribution is 5.81. The lowest BCUT2D eigenvalue weighted by molar-refractivity contribution is -0.147. The molecule has 6 nitrogen and oxygen atoms in total. The van der Waals surface area contributed by atoms with E-state index in [4.69, 9.17) is 10.5 Å². The van der Waals surface area contributed by atoms with Crippen LogP contribution in [0.1, 0.15) is 40.5 Å². The van der Waals surface area contributed by atoms with Gasteiger partial charge in [-0.2, -0.15) is 0 Å². The van der Waals surface area contributed by atoms with Crippen LogP contribution >= 0.6 is 0 Å². The Morgan fingerprint density at radius 1 is 1.44 bits per heavy atom. The van der Waals surface area contributed by atoms with Gasteiger partial charge >= 0.3 is 12.1 Å². The Hall–Kier alpha value is -1.30. The van der Waals surface area contributed by atoms with Crippen molar-refractivity contribution in [3.8, 4) is 0 Å². The maximum Gasteiger partial charge on any atom is 0.410 e. The van der Waals surface area contributed by atoms with Crippen molar-refractivity contribution in [3.63, 3.8) is 0 Å². The van der Waals surface area contributed by atoms with Crippen molar-refractivity contribution in [1.29, 1.82) is 0 Å². The first kappa shape index (κ1) is 14.8. The molecule has 0 aromatic carbocycles. The predicted molar refractivity (Wildman–Crippen MR) is 66.2 cm³/mol. The van der Waals surface area contributed by atoms with E-state index in [1.807, 2.05) is 0 Å². The Balaban J connectivity index is 2.84. The third-order valence-electron chi connectivity index (χ3n) is 3.23. The van der Waals surface area contributed by atoms with E-state index in [1.165, 1.54) is 4.90 Å². The molecule has 2 atom stereocenters. The van der Waals surface area contributed by atoms with Crippen LogP contribution in [0.25, 0.3) is 0 Å². The van der Waals surface area contributed by atoms with Gasteiger partial charge in [0.1, 0.15) is 11.1 Å². The highest BCUT2D eigenvalue weighted by atomic mass is 16.6. The first-order chi connectivity index (χ1) is 8.08. The number of nitrogens with two attached hydrogens (primary N) is 1. The predicted octanol–water partition coefficient (Wildman–Crippen LogP) is 1.19. The second-order valence-corrected chi connectivity index (χ2v) is 5.80. The summed E-state index contributed by atoms with van der Waals surface area (Å²) < 4.78 is 5.26. The highest BCUT2D eigenvalue weighted by Crippen LogP contribution is 2.27. The lowest BCUT2D eigenvalue weighted by Gasteiger charge is -2.43. The molecule has 0 bridgehead atoms. The Kier molecular flexibility index (Phi) is 3.90. The molecule has 1 fully saturated rings. The molecule has 1 rings (SSSR count). The number of aliphatic carboxylic acids is 1. The molecule has 104 valence electrons. The number of amides is 1. The number of likely N-dealkylation sites (tertiary alicyclic amines) is 1. The molecule has 0 spiro atoms. The van der Waals surface area contributed by atoms with E-state index in [1.54, 1.807) is 27.7 Å². The van der Waals surface area contributed by atoms with Gasteiger partial charge in [-0.05, 0) is 40.5 Å². The molecule has 0 saturated carbocycles. The van der Waals surface area contributed by atoms with Crippen LogP contribution in [0.3, 0.4) is 0 Å². The van der Waals surface area contributed by atoms with E-state index in [-0.39, 0.29) is 0 Å². The fraction of sp³-hybridized carbons (Fsp3) is 0.833. The van der Waals surface area contributed by atoms with Gasteiger partial charge in [-0.25, -0.2) is 4.79 Å². The molecular weight excluding hydrogens is 236 g/mol. The number of hydrogen-bond donors (Lipinski definition) is 2. The highest BCUT2D eigenvalue weighted by Gasteiger charge is 2.47. The van der Waals surface area contributed by atoms with Gasteiger partial charge in [-0.15, -0.1) is 0 Å². The summed E-state index contributed by atoms with van der Waals surface area (Å²) in [5, 5.41) is 9.20. The summed E-state index contributed by atoms with van der Waals surface area (Å²) in [6, 6.07) is -0.585. The second-order valence-electron chi connectivity index (χ2n) is 5.80. The van der Waals surface area contributed by atoms with Crippen LogP contribution in [0, 0.1) is 0 Å². The topological polar surface area (TPSA) is 92.9 Å². The van der Waals surface area contributed by atoms with Gasteiger partial charge < -0.3 is 20.5 Å². The SMILES string of the molecule is CC1N(C(=O)OC(C)(C)C)CCCC1(N)C(=O)O. The Morgan fingerprint density at radius 3 is 2.44 bits per heavy atom. The van der Waals surface area contributed by atoms with E-state index in [0.717, 1.165) is 0 Å². The number of carbonyl (C=O) groups excluding carboxylic acids is 1. The summed E-state index contributed by atoms with van der Waals surface area (Å²) >= 11 is 0. The second kappa shape index (κ2) is 4.76. The maximum absolute atomic E-state index is 12.0. The molecule has 0 aliphatic carbocycles. The van der Waals surface area contributed by atoms with E-state index in [0.29, 0.717) is 19.4 Å². The molecule has 18 heavy (non-hydrogen) atoms. The third-order valence-corrected chi connectivity index (χ3v) is 3.23. The Morgan fingerprint density at radius 2 is 2.00 bits per heavy atom. The number of ether oxygens (including phenoxy) is 1. The molecule has 0 aromatic heterocycles. The van der Waals surface area contributed by atoms with Gasteiger partial charge in [-0.3, -0.25) is 4.79 Å². The third kappa shape index (κ3) is 2.93. The van der Waals surface area contributed by atoms with Gasteiger partial charge in [0.15, 0.2) is 0 Å². The molecule has 0 aromatic rings. The van der Waals surface area contributed by atoms with Crippen LogP contribution in [0.4, 0.5) is 4.79 Å². The summed E-state index contributed by atoms with van der Waals surface area (Å²) in [6.07, 6.45) is 0.417. The number of piperidine rings is 1. The number of nitrogens with zero attached hydrogens (tertiary/aromatic N) is 1. The molecule has 0 radical (unpaired) electrons. The van der Waals surface area contributed by atoms with Crippen molar-refractivity contribution in [2.45, 2.75) is 57.7 Å². The zero-order chi connectivity index (χ0) is 14.1. The maximum atomic E-state index is 12.0. The molecule has 6 heteroatoms. The summed E-state index contributed by atoms with van der Waals surface area (Å²) in [5.41, 5.74) is 3.89. The fourth-order valence-corrected chi connectivity index (χ4v) is 2.08. The van der Waals surface area contributed by atoms with E-state index < -0.39 is 29.2 Å². The van der Waals surface area contributed by atoms with Crippen LogP contribution in [0.15, 0.2) is 0 Å². The van der Waals surface area contributed by atoms with Gasteiger partial charge in [0, 0.05) is 6.54 Å². The normalized spacial score (nSPS) is 28.9. The number of carboxylic acid groups (broad SMARTS) is 1. The van der Waals surface area contributed by atoms with Crippen molar-refractivity contribution in [1.82, 2.24) is 4.90 Å². The monoisotopic (exact) mass is 258 g/mol. The van der Waals surface area contributed by atoms with Gasteiger partial charge in [0.2, 0.25) is 0 Å². The standard InChI is InChI=1S/C12H22N2O4/c1-8-12(13,9(15)16)6-5-7-14(8)10(17)18-11(2,3)4/h8H,5-7,13H2,1-4H3,(H,15,16). The van der Waals surface area contributed by atoms with Gasteiger partial charge in [0.25, 0.3) is 0 Å². The average Bonchev–Trinajstić information content (AvgIpc) is 2.19. The summed E-state index contributed by atoms with van der Waals surface area (Å²) in [5.74, 6) is -1.08. The van der Waals surface area contributed by atoms with E-state index in [2.05, 4.69) is 0 Å². The van der Waals surface area contributed by atoms with Crippen LogP contribution < -0.4 is 5.73 Å². The largest absolute Gasteiger partial charge is 0.480 e. The minimum absolute atomic E-state index is 0.364. The zero-order valence-electron chi connectivity index (χ0n) is 11.4. The summed E-state index contributed by atoms with van der Waals surface area (Å²) in [6.45, 7) is 7.44. The number of carbonyl (C=O) groups is 2.